The molecule has 0 saturated carbocycles. The molecule has 1 aromatic heterocycles. The summed E-state index contributed by atoms with van der Waals surface area (Å²) >= 11 is 2.01. The van der Waals surface area contributed by atoms with E-state index in [0.717, 1.165) is 0 Å². The Hall–Kier alpha value is -1.34. The van der Waals surface area contributed by atoms with Crippen molar-refractivity contribution in [3.8, 4) is 0 Å². The standard InChI is InChI=1S/C20H22S/c1-14-9-11-17-18-12-10-15-7-5-3-2-4-6-8-16(15)20(18)21-19(17)13-14/h9-13H,2-8H2,1H3. The Balaban J connectivity index is 1.96. The van der Waals surface area contributed by atoms with Gasteiger partial charge in [0.2, 0.25) is 0 Å². The third kappa shape index (κ3) is 2.38. The summed E-state index contributed by atoms with van der Waals surface area (Å²) < 4.78 is 3.02. The Bertz CT molecular complexity index is 794. The molecule has 0 spiro atoms. The predicted octanol–water partition coefficient (Wildman–Crippen LogP) is 6.41. The van der Waals surface area contributed by atoms with E-state index >= 15 is 0 Å². The highest BCUT2D eigenvalue weighted by Gasteiger charge is 2.13. The molecule has 1 aliphatic carbocycles. The van der Waals surface area contributed by atoms with Crippen molar-refractivity contribution in [2.75, 3.05) is 0 Å². The molecule has 0 N–H and O–H groups in total. The highest BCUT2D eigenvalue weighted by atomic mass is 32.1. The van der Waals surface area contributed by atoms with Crippen molar-refractivity contribution in [3.05, 3.63) is 47.0 Å². The van der Waals surface area contributed by atoms with E-state index in [0.29, 0.717) is 0 Å². The molecule has 0 bridgehead atoms. The van der Waals surface area contributed by atoms with Crippen molar-refractivity contribution in [2.24, 2.45) is 0 Å². The molecule has 0 amide bonds. The third-order valence-electron chi connectivity index (χ3n) is 4.87. The lowest BCUT2D eigenvalue weighted by atomic mass is 9.97. The van der Waals surface area contributed by atoms with E-state index in [1.165, 1.54) is 66.0 Å². The van der Waals surface area contributed by atoms with Crippen LogP contribution in [0.3, 0.4) is 0 Å². The maximum absolute atomic E-state index is 2.41. The summed E-state index contributed by atoms with van der Waals surface area (Å²) in [5.41, 5.74) is 4.65. The number of benzene rings is 2. The van der Waals surface area contributed by atoms with Gasteiger partial charge in [0.25, 0.3) is 0 Å². The molecular weight excluding hydrogens is 272 g/mol. The maximum Gasteiger partial charge on any atom is 0.0390 e. The zero-order valence-corrected chi connectivity index (χ0v) is 13.6. The predicted molar refractivity (Wildman–Crippen MR) is 94.6 cm³/mol. The minimum Gasteiger partial charge on any atom is -0.135 e. The molecule has 0 aliphatic heterocycles. The Morgan fingerprint density at radius 3 is 2.48 bits per heavy atom. The third-order valence-corrected chi connectivity index (χ3v) is 6.10. The first-order valence-electron chi connectivity index (χ1n) is 8.26. The van der Waals surface area contributed by atoms with E-state index in [1.54, 1.807) is 15.8 Å². The zero-order valence-electron chi connectivity index (χ0n) is 12.7. The van der Waals surface area contributed by atoms with E-state index in [-0.39, 0.29) is 0 Å². The van der Waals surface area contributed by atoms with Gasteiger partial charge in [0.05, 0.1) is 0 Å². The minimum atomic E-state index is 1.28. The van der Waals surface area contributed by atoms with Crippen LogP contribution in [0.15, 0.2) is 30.3 Å². The SMILES string of the molecule is Cc1ccc2c(c1)sc1c3c(ccc12)CCCCCCC3. The molecule has 1 heteroatoms. The lowest BCUT2D eigenvalue weighted by Gasteiger charge is -2.09. The molecule has 0 radical (unpaired) electrons. The fourth-order valence-electron chi connectivity index (χ4n) is 3.70. The molecule has 0 unspecified atom stereocenters. The monoisotopic (exact) mass is 294 g/mol. The fourth-order valence-corrected chi connectivity index (χ4v) is 5.10. The van der Waals surface area contributed by atoms with Crippen molar-refractivity contribution < 1.29 is 0 Å². The number of aryl methyl sites for hydroxylation is 3. The molecule has 21 heavy (non-hydrogen) atoms. The highest BCUT2D eigenvalue weighted by molar-refractivity contribution is 7.26. The molecule has 4 rings (SSSR count). The first kappa shape index (κ1) is 13.3. The molecule has 1 aliphatic rings. The molecule has 0 atom stereocenters. The topological polar surface area (TPSA) is 0 Å². The van der Waals surface area contributed by atoms with Crippen LogP contribution in [-0.4, -0.2) is 0 Å². The largest absolute Gasteiger partial charge is 0.135 e. The van der Waals surface area contributed by atoms with Gasteiger partial charge in [-0.1, -0.05) is 43.5 Å². The van der Waals surface area contributed by atoms with Gasteiger partial charge in [-0.2, -0.15) is 0 Å². The summed E-state index contributed by atoms with van der Waals surface area (Å²) in [6, 6.07) is 11.7. The number of rotatable bonds is 0. The maximum atomic E-state index is 2.41. The number of fused-ring (bicyclic) bond motifs is 5. The molecule has 108 valence electrons. The Kier molecular flexibility index (Phi) is 3.46. The molecule has 1 heterocycles. The van der Waals surface area contributed by atoms with E-state index in [2.05, 4.69) is 37.3 Å². The smallest absolute Gasteiger partial charge is 0.0390 e. The van der Waals surface area contributed by atoms with Gasteiger partial charge in [-0.15, -0.1) is 11.3 Å². The lowest BCUT2D eigenvalue weighted by Crippen LogP contribution is -1.93. The molecule has 3 aromatic rings. The fraction of sp³-hybridized carbons (Fsp3) is 0.400. The summed E-state index contributed by atoms with van der Waals surface area (Å²) in [4.78, 5) is 0. The van der Waals surface area contributed by atoms with E-state index in [9.17, 15) is 0 Å². The second kappa shape index (κ2) is 5.46. The van der Waals surface area contributed by atoms with Crippen molar-refractivity contribution in [3.63, 3.8) is 0 Å². The summed E-state index contributed by atoms with van der Waals surface area (Å²) in [5.74, 6) is 0. The Labute approximate surface area is 130 Å². The van der Waals surface area contributed by atoms with Crippen LogP contribution in [-0.2, 0) is 12.8 Å². The zero-order chi connectivity index (χ0) is 14.2. The van der Waals surface area contributed by atoms with Gasteiger partial charge in [-0.05, 0) is 55.4 Å². The molecule has 0 nitrogen and oxygen atoms in total. The van der Waals surface area contributed by atoms with Crippen LogP contribution in [0.1, 0.15) is 48.8 Å². The Morgan fingerprint density at radius 2 is 1.57 bits per heavy atom. The highest BCUT2D eigenvalue weighted by Crippen LogP contribution is 2.39. The summed E-state index contributed by atoms with van der Waals surface area (Å²) in [5, 5.41) is 2.93. The van der Waals surface area contributed by atoms with Gasteiger partial charge >= 0.3 is 0 Å². The van der Waals surface area contributed by atoms with E-state index in [4.69, 9.17) is 0 Å². The molecule has 2 aromatic carbocycles. The van der Waals surface area contributed by atoms with Gasteiger partial charge in [0, 0.05) is 20.2 Å². The summed E-state index contributed by atoms with van der Waals surface area (Å²) in [6.07, 6.45) is 9.50. The molecular formula is C20H22S. The van der Waals surface area contributed by atoms with Crippen LogP contribution in [0.25, 0.3) is 20.2 Å². The van der Waals surface area contributed by atoms with Gasteiger partial charge in [0.1, 0.15) is 0 Å². The number of hydrogen-bond acceptors (Lipinski definition) is 1. The van der Waals surface area contributed by atoms with Crippen molar-refractivity contribution in [2.45, 2.75) is 51.9 Å². The minimum absolute atomic E-state index is 1.28. The van der Waals surface area contributed by atoms with Crippen LogP contribution in [0, 0.1) is 6.92 Å². The lowest BCUT2D eigenvalue weighted by molar-refractivity contribution is 0.629. The van der Waals surface area contributed by atoms with Crippen LogP contribution < -0.4 is 0 Å². The van der Waals surface area contributed by atoms with Crippen LogP contribution in [0.4, 0.5) is 0 Å². The Morgan fingerprint density at radius 1 is 0.810 bits per heavy atom. The van der Waals surface area contributed by atoms with Gasteiger partial charge in [-0.25, -0.2) is 0 Å². The van der Waals surface area contributed by atoms with Crippen LogP contribution in [0.5, 0.6) is 0 Å². The van der Waals surface area contributed by atoms with Crippen molar-refractivity contribution >= 4 is 31.5 Å². The van der Waals surface area contributed by atoms with Crippen molar-refractivity contribution in [1.82, 2.24) is 0 Å². The van der Waals surface area contributed by atoms with Crippen molar-refractivity contribution in [1.29, 1.82) is 0 Å². The molecule has 0 fully saturated rings. The number of hydrogen-bond donors (Lipinski definition) is 0. The normalized spacial score (nSPS) is 16.4. The second-order valence-corrected chi connectivity index (χ2v) is 7.50. The van der Waals surface area contributed by atoms with E-state index in [1.807, 2.05) is 11.3 Å². The number of thiophene rings is 1. The average Bonchev–Trinajstić information content (AvgIpc) is 2.88. The van der Waals surface area contributed by atoms with Gasteiger partial charge < -0.3 is 0 Å². The first-order chi connectivity index (χ1) is 10.3. The first-order valence-corrected chi connectivity index (χ1v) is 9.08. The molecule has 0 saturated heterocycles. The van der Waals surface area contributed by atoms with Crippen LogP contribution in [0.2, 0.25) is 0 Å². The summed E-state index contributed by atoms with van der Waals surface area (Å²) in [6.45, 7) is 2.19. The van der Waals surface area contributed by atoms with E-state index < -0.39 is 0 Å². The second-order valence-electron chi connectivity index (χ2n) is 6.45. The van der Waals surface area contributed by atoms with Gasteiger partial charge in [-0.3, -0.25) is 0 Å². The quantitative estimate of drug-likeness (QED) is 0.449. The average molecular weight is 294 g/mol. The summed E-state index contributed by atoms with van der Waals surface area (Å²) in [7, 11) is 0. The van der Waals surface area contributed by atoms with Gasteiger partial charge in [0.15, 0.2) is 0 Å². The van der Waals surface area contributed by atoms with Crippen LogP contribution >= 0.6 is 11.3 Å².